The molecule has 0 atom stereocenters. The Hall–Kier alpha value is -5.45. The number of hydrogen-bond acceptors (Lipinski definition) is 0. The number of benzene rings is 10. The third-order valence-corrected chi connectivity index (χ3v) is 13.7. The van der Waals surface area contributed by atoms with Crippen molar-refractivity contribution < 1.29 is 76.5 Å². The maximum absolute atomic E-state index is 7.22. The smallest absolute Gasteiger partial charge is 0.121 e. The second-order valence-electron chi connectivity index (χ2n) is 16.1. The molecule has 10 aromatic carbocycles. The first-order chi connectivity index (χ1) is 33.4. The zero-order chi connectivity index (χ0) is 47.2. The van der Waals surface area contributed by atoms with Gasteiger partial charge in [0.05, 0.1) is 0 Å². The summed E-state index contributed by atoms with van der Waals surface area (Å²) in [6.07, 6.45) is 2.10. The van der Waals surface area contributed by atoms with E-state index < -0.39 is 0 Å². The predicted molar refractivity (Wildman–Crippen MR) is 293 cm³/mol. The molecule has 356 valence electrons. The van der Waals surface area contributed by atoms with Gasteiger partial charge >= 0.3 is 0 Å². The molecule has 0 fully saturated rings. The van der Waals surface area contributed by atoms with Gasteiger partial charge in [0.2, 0.25) is 0 Å². The van der Waals surface area contributed by atoms with Crippen molar-refractivity contribution in [2.45, 2.75) is 26.7 Å². The maximum Gasteiger partial charge on any atom is 0.121 e. The fraction of sp³-hybridized carbons (Fsp3) is 0.0625. The van der Waals surface area contributed by atoms with E-state index in [1.54, 1.807) is 12.1 Å². The number of nitrogens with one attached hydrogen (secondary N) is 2. The van der Waals surface area contributed by atoms with Gasteiger partial charge < -0.3 is 36.3 Å². The Bertz CT molecular complexity index is 2660. The number of rotatable bonds is 4. The molecule has 2 nitrogen and oxygen atoms in total. The van der Waals surface area contributed by atoms with Crippen LogP contribution < -0.4 is 45.6 Å². The van der Waals surface area contributed by atoms with Crippen molar-refractivity contribution in [1.82, 2.24) is 0 Å². The Morgan fingerprint density at radius 1 is 0.319 bits per heavy atom. The molecule has 12 rings (SSSR count). The minimum Gasteiger partial charge on any atom is -1.00 e. The van der Waals surface area contributed by atoms with E-state index >= 15 is 0 Å². The Balaban J connectivity index is 0.000000228. The molecule has 0 aliphatic heterocycles. The van der Waals surface area contributed by atoms with Gasteiger partial charge in [0.15, 0.2) is 0 Å². The molecule has 8 heteroatoms. The first kappa shape index (κ1) is 60.9. The summed E-state index contributed by atoms with van der Waals surface area (Å²) < 4.78 is 0. The van der Waals surface area contributed by atoms with Crippen LogP contribution in [-0.4, -0.2) is 19.0 Å². The van der Waals surface area contributed by atoms with Crippen LogP contribution in [0.1, 0.15) is 33.4 Å². The molecular formula is C64H54Cl2Hf2N2Si2-6. The molecule has 2 aliphatic rings. The van der Waals surface area contributed by atoms with Gasteiger partial charge in [0.1, 0.15) is 19.0 Å². The molecule has 2 aliphatic carbocycles. The molecule has 0 saturated carbocycles. The van der Waals surface area contributed by atoms with Crippen molar-refractivity contribution in [3.05, 3.63) is 312 Å². The molecule has 2 N–H and O–H groups in total. The standard InChI is InChI=1S/2C13H9.2C12H10Si.2C7H8N.2ClH.2Hf/c2*1-3-7-12-10(5-1)9-11-6-2-4-8-13(11)12;2*1-3-7-11(8-4-1)13-12-9-5-2-6-10-12;2*1-6-4-2-3-5-7(6)8;;;;/h2*1-5,7-8H,9H2;2*1-10H;2*2-5,8H,1H3;2*1H;;/q2*-1;;;2*-1;;;;/p-2. The largest absolute Gasteiger partial charge is 1.00 e. The van der Waals surface area contributed by atoms with Gasteiger partial charge in [-0.05, 0) is 26.7 Å². The van der Waals surface area contributed by atoms with E-state index in [0.29, 0.717) is 11.4 Å². The first-order valence-electron chi connectivity index (χ1n) is 22.9. The Kier molecular flexibility index (Phi) is 28.2. The zero-order valence-electron chi connectivity index (χ0n) is 40.4. The summed E-state index contributed by atoms with van der Waals surface area (Å²) in [5.41, 5.74) is 28.8. The summed E-state index contributed by atoms with van der Waals surface area (Å²) in [5.74, 6) is 0. The van der Waals surface area contributed by atoms with Crippen LogP contribution in [0.4, 0.5) is 11.4 Å². The summed E-state index contributed by atoms with van der Waals surface area (Å²) in [6.45, 7) is 3.87. The number of hydrogen-bond donors (Lipinski definition) is 0. The van der Waals surface area contributed by atoms with Crippen LogP contribution in [0.3, 0.4) is 0 Å². The van der Waals surface area contributed by atoms with Gasteiger partial charge in [-0.2, -0.15) is 59.7 Å². The van der Waals surface area contributed by atoms with Gasteiger partial charge in [0, 0.05) is 51.7 Å². The molecule has 0 spiro atoms. The van der Waals surface area contributed by atoms with Gasteiger partial charge in [-0.15, -0.1) is 22.5 Å². The number of fused-ring (bicyclic) bond motifs is 6. The SMILES string of the molecule is Cc1ccccc1[NH-].Cc1ccccc1[NH-].[Cl-].[Cl-].[Hf].[Hf].[c-]1cccc2c1Cc1ccccc1-2.[c-]1cccc2c1Cc1ccccc1-2.c1ccc([Si]c2ccccc2)cc1.c1ccc([Si]c2ccccc2)cc1. The summed E-state index contributed by atoms with van der Waals surface area (Å²) in [4.78, 5) is 0. The van der Waals surface area contributed by atoms with Crippen molar-refractivity contribution in [3.63, 3.8) is 0 Å². The van der Waals surface area contributed by atoms with Crippen molar-refractivity contribution in [3.8, 4) is 22.3 Å². The van der Waals surface area contributed by atoms with Crippen LogP contribution in [0.15, 0.2) is 255 Å². The van der Waals surface area contributed by atoms with Crippen molar-refractivity contribution in [1.29, 1.82) is 0 Å². The number of halogens is 2. The zero-order valence-corrected chi connectivity index (χ0v) is 51.1. The van der Waals surface area contributed by atoms with E-state index in [2.05, 4.69) is 206 Å². The van der Waals surface area contributed by atoms with E-state index in [4.69, 9.17) is 11.5 Å². The van der Waals surface area contributed by atoms with E-state index in [1.165, 1.54) is 65.3 Å². The van der Waals surface area contributed by atoms with E-state index in [-0.39, 0.29) is 76.5 Å². The third kappa shape index (κ3) is 19.2. The fourth-order valence-corrected chi connectivity index (χ4v) is 9.66. The van der Waals surface area contributed by atoms with Crippen molar-refractivity contribution in [2.24, 2.45) is 0 Å². The van der Waals surface area contributed by atoms with Crippen molar-refractivity contribution >= 4 is 51.2 Å². The fourth-order valence-electron chi connectivity index (χ4n) is 7.56. The first-order valence-corrected chi connectivity index (χ1v) is 24.9. The molecule has 4 radical (unpaired) electrons. The normalized spacial score (nSPS) is 10.0. The van der Waals surface area contributed by atoms with Crippen LogP contribution >= 0.6 is 0 Å². The topological polar surface area (TPSA) is 47.6 Å². The molecule has 0 aromatic heterocycles. The molecule has 0 bridgehead atoms. The molecule has 0 heterocycles. The van der Waals surface area contributed by atoms with E-state index in [1.807, 2.05) is 62.4 Å². The third-order valence-electron chi connectivity index (χ3n) is 11.2. The maximum atomic E-state index is 7.22. The summed E-state index contributed by atoms with van der Waals surface area (Å²) in [7, 11) is 1.55. The molecule has 0 amide bonds. The van der Waals surface area contributed by atoms with Crippen LogP contribution in [0.25, 0.3) is 33.7 Å². The van der Waals surface area contributed by atoms with Crippen molar-refractivity contribution in [2.75, 3.05) is 0 Å². The van der Waals surface area contributed by atoms with Crippen LogP contribution in [0, 0.1) is 26.0 Å². The predicted octanol–water partition coefficient (Wildman–Crippen LogP) is 8.16. The monoisotopic (exact) mass is 1340 g/mol. The average Bonchev–Trinajstić information content (AvgIpc) is 3.97. The number of aryl methyl sites for hydroxylation is 2. The molecular weight excluding hydrogens is 1280 g/mol. The molecule has 72 heavy (non-hydrogen) atoms. The van der Waals surface area contributed by atoms with Gasteiger partial charge in [-0.1, -0.05) is 273 Å². The summed E-state index contributed by atoms with van der Waals surface area (Å²) in [5, 5.41) is 5.59. The minimum atomic E-state index is 0. The summed E-state index contributed by atoms with van der Waals surface area (Å²) >= 11 is 0. The van der Waals surface area contributed by atoms with Gasteiger partial charge in [-0.3, -0.25) is 0 Å². The Labute approximate surface area is 483 Å². The second kappa shape index (κ2) is 33.3. The van der Waals surface area contributed by atoms with E-state index in [9.17, 15) is 0 Å². The second-order valence-corrected chi connectivity index (χ2v) is 18.9. The quantitative estimate of drug-likeness (QED) is 0.126. The minimum absolute atomic E-state index is 0. The average molecular weight is 1340 g/mol. The van der Waals surface area contributed by atoms with Gasteiger partial charge in [-0.25, -0.2) is 0 Å². The molecule has 10 aromatic rings. The summed E-state index contributed by atoms with van der Waals surface area (Å²) in [6, 6.07) is 93.6. The Morgan fingerprint density at radius 2 is 0.583 bits per heavy atom. The Morgan fingerprint density at radius 3 is 0.875 bits per heavy atom. The van der Waals surface area contributed by atoms with Gasteiger partial charge in [0.25, 0.3) is 0 Å². The molecule has 0 saturated heterocycles. The van der Waals surface area contributed by atoms with Crippen LogP contribution in [0.5, 0.6) is 0 Å². The van der Waals surface area contributed by atoms with Crippen LogP contribution in [0.2, 0.25) is 0 Å². The van der Waals surface area contributed by atoms with Crippen LogP contribution in [-0.2, 0) is 64.5 Å². The molecule has 0 unspecified atom stereocenters. The van der Waals surface area contributed by atoms with E-state index in [0.717, 1.165) is 43.0 Å².